The molecule has 0 spiro atoms. The number of nitrogens with zero attached hydrogens (tertiary/aromatic N) is 4. The van der Waals surface area contributed by atoms with E-state index in [0.29, 0.717) is 0 Å². The van der Waals surface area contributed by atoms with E-state index in [1.54, 1.807) is 6.20 Å². The van der Waals surface area contributed by atoms with Gasteiger partial charge in [-0.15, -0.1) is 10.2 Å². The highest BCUT2D eigenvalue weighted by molar-refractivity contribution is 7.18. The van der Waals surface area contributed by atoms with Crippen LogP contribution in [-0.4, -0.2) is 58.5 Å². The van der Waals surface area contributed by atoms with Gasteiger partial charge >= 0.3 is 0 Å². The normalized spacial score (nSPS) is 22.6. The number of anilines is 1. The monoisotopic (exact) mass is 317 g/mol. The maximum atomic E-state index is 5.84. The summed E-state index contributed by atoms with van der Waals surface area (Å²) in [6.07, 6.45) is 4.71. The van der Waals surface area contributed by atoms with Gasteiger partial charge in [-0.1, -0.05) is 17.4 Å². The van der Waals surface area contributed by atoms with Crippen LogP contribution in [-0.2, 0) is 4.74 Å². The fourth-order valence-corrected chi connectivity index (χ4v) is 3.45. The summed E-state index contributed by atoms with van der Waals surface area (Å²) in [5.74, 6) is 0. The Bertz CT molecular complexity index is 615. The van der Waals surface area contributed by atoms with E-state index in [-0.39, 0.29) is 6.10 Å². The number of nitrogens with one attached hydrogen (secondary N) is 1. The predicted molar refractivity (Wildman–Crippen MR) is 86.0 cm³/mol. The van der Waals surface area contributed by atoms with Crippen LogP contribution in [0.5, 0.6) is 0 Å². The summed E-state index contributed by atoms with van der Waals surface area (Å²) >= 11 is 1.53. The van der Waals surface area contributed by atoms with E-state index in [0.717, 1.165) is 48.1 Å². The second-order valence-electron chi connectivity index (χ2n) is 5.73. The lowest BCUT2D eigenvalue weighted by atomic mass is 10.2. The summed E-state index contributed by atoms with van der Waals surface area (Å²) in [6, 6.07) is 6.61. The van der Waals surface area contributed by atoms with Crippen molar-refractivity contribution < 1.29 is 4.74 Å². The zero-order valence-electron chi connectivity index (χ0n) is 12.3. The molecule has 7 heteroatoms. The number of morpholine rings is 1. The largest absolute Gasteiger partial charge is 0.374 e. The molecule has 1 saturated carbocycles. The van der Waals surface area contributed by atoms with E-state index in [1.807, 2.05) is 18.2 Å². The summed E-state index contributed by atoms with van der Waals surface area (Å²) in [6.45, 7) is 3.70. The molecule has 2 aliphatic rings. The first kappa shape index (κ1) is 14.0. The predicted octanol–water partition coefficient (Wildman–Crippen LogP) is 1.88. The molecule has 116 valence electrons. The number of ether oxygens (including phenoxy) is 1. The highest BCUT2D eigenvalue weighted by atomic mass is 32.1. The third-order valence-corrected chi connectivity index (χ3v) is 4.93. The van der Waals surface area contributed by atoms with Crippen LogP contribution in [0, 0.1) is 0 Å². The highest BCUT2D eigenvalue weighted by Gasteiger charge is 2.32. The molecule has 1 aliphatic heterocycles. The van der Waals surface area contributed by atoms with Crippen LogP contribution in [0.4, 0.5) is 5.13 Å². The molecule has 6 nitrogen and oxygen atoms in total. The van der Waals surface area contributed by atoms with Crippen LogP contribution in [0.2, 0.25) is 0 Å². The summed E-state index contributed by atoms with van der Waals surface area (Å²) in [5.41, 5.74) is 0.863. The van der Waals surface area contributed by atoms with E-state index in [2.05, 4.69) is 25.4 Å². The number of pyridine rings is 1. The minimum Gasteiger partial charge on any atom is -0.374 e. The van der Waals surface area contributed by atoms with E-state index in [1.165, 1.54) is 24.2 Å². The van der Waals surface area contributed by atoms with Crippen LogP contribution in [0.25, 0.3) is 10.7 Å². The quantitative estimate of drug-likeness (QED) is 0.908. The maximum absolute atomic E-state index is 5.84. The van der Waals surface area contributed by atoms with Crippen molar-refractivity contribution in [3.63, 3.8) is 0 Å². The van der Waals surface area contributed by atoms with E-state index >= 15 is 0 Å². The molecule has 1 unspecified atom stereocenters. The molecule has 3 heterocycles. The first-order valence-electron chi connectivity index (χ1n) is 7.73. The Morgan fingerprint density at radius 2 is 2.27 bits per heavy atom. The minimum absolute atomic E-state index is 0.233. The lowest BCUT2D eigenvalue weighted by molar-refractivity contribution is -0.0241. The summed E-state index contributed by atoms with van der Waals surface area (Å²) < 4.78 is 5.84. The van der Waals surface area contributed by atoms with Gasteiger partial charge in [-0.2, -0.15) is 0 Å². The van der Waals surface area contributed by atoms with E-state index in [4.69, 9.17) is 4.74 Å². The van der Waals surface area contributed by atoms with Crippen molar-refractivity contribution >= 4 is 16.5 Å². The summed E-state index contributed by atoms with van der Waals surface area (Å²) in [5, 5.41) is 13.4. The zero-order valence-corrected chi connectivity index (χ0v) is 13.1. The van der Waals surface area contributed by atoms with Crippen molar-refractivity contribution in [3.8, 4) is 10.7 Å². The fraction of sp³-hybridized carbons (Fsp3) is 0.533. The molecule has 2 aromatic heterocycles. The lowest BCUT2D eigenvalue weighted by Crippen LogP contribution is -2.46. The number of hydrogen-bond donors (Lipinski definition) is 1. The molecule has 0 radical (unpaired) electrons. The molecule has 1 atom stereocenters. The Hall–Kier alpha value is -1.57. The van der Waals surface area contributed by atoms with Crippen LogP contribution in [0.15, 0.2) is 24.4 Å². The molecule has 22 heavy (non-hydrogen) atoms. The Balaban J connectivity index is 1.33. The van der Waals surface area contributed by atoms with Gasteiger partial charge in [0.25, 0.3) is 0 Å². The first-order chi connectivity index (χ1) is 10.9. The zero-order chi connectivity index (χ0) is 14.8. The average Bonchev–Trinajstić information content (AvgIpc) is 3.32. The number of aromatic nitrogens is 3. The number of rotatable bonds is 5. The number of hydrogen-bond acceptors (Lipinski definition) is 7. The molecule has 2 aromatic rings. The second-order valence-corrected chi connectivity index (χ2v) is 6.70. The Morgan fingerprint density at radius 3 is 3.09 bits per heavy atom. The van der Waals surface area contributed by atoms with Crippen molar-refractivity contribution in [1.29, 1.82) is 0 Å². The molecule has 4 rings (SSSR count). The van der Waals surface area contributed by atoms with Crippen molar-refractivity contribution in [1.82, 2.24) is 20.1 Å². The Labute approximate surface area is 133 Å². The van der Waals surface area contributed by atoms with Crippen LogP contribution >= 0.6 is 11.3 Å². The molecule has 1 N–H and O–H groups in total. The third-order valence-electron chi connectivity index (χ3n) is 4.02. The van der Waals surface area contributed by atoms with Gasteiger partial charge in [-0.3, -0.25) is 9.88 Å². The van der Waals surface area contributed by atoms with Crippen molar-refractivity contribution in [2.45, 2.75) is 25.0 Å². The molecule has 1 aliphatic carbocycles. The summed E-state index contributed by atoms with van der Waals surface area (Å²) in [4.78, 5) is 6.85. The molecular weight excluding hydrogens is 298 g/mol. The van der Waals surface area contributed by atoms with Crippen LogP contribution < -0.4 is 5.32 Å². The third kappa shape index (κ3) is 3.26. The molecular formula is C15H19N5OS. The highest BCUT2D eigenvalue weighted by Crippen LogP contribution is 2.28. The molecule has 0 amide bonds. The lowest BCUT2D eigenvalue weighted by Gasteiger charge is -2.32. The summed E-state index contributed by atoms with van der Waals surface area (Å²) in [7, 11) is 0. The fourth-order valence-electron chi connectivity index (χ4n) is 2.73. The second kappa shape index (κ2) is 6.28. The van der Waals surface area contributed by atoms with Crippen LogP contribution in [0.1, 0.15) is 12.8 Å². The van der Waals surface area contributed by atoms with Crippen molar-refractivity contribution in [2.24, 2.45) is 0 Å². The van der Waals surface area contributed by atoms with E-state index < -0.39 is 0 Å². The smallest absolute Gasteiger partial charge is 0.206 e. The van der Waals surface area contributed by atoms with Crippen molar-refractivity contribution in [2.75, 3.05) is 31.6 Å². The van der Waals surface area contributed by atoms with Crippen molar-refractivity contribution in [3.05, 3.63) is 24.4 Å². The molecule has 2 fully saturated rings. The molecule has 0 aromatic carbocycles. The standard InChI is InChI=1S/C15H19N5OS/c1-2-6-16-13(3-1)14-18-19-15(22-14)17-9-12-10-20(7-8-21-12)11-4-5-11/h1-3,6,11-12H,4-5,7-10H2,(H,17,19). The van der Waals surface area contributed by atoms with Gasteiger partial charge in [0.15, 0.2) is 5.01 Å². The van der Waals surface area contributed by atoms with Gasteiger partial charge in [0.1, 0.15) is 5.69 Å². The topological polar surface area (TPSA) is 63.2 Å². The average molecular weight is 317 g/mol. The van der Waals surface area contributed by atoms with Gasteiger partial charge in [-0.25, -0.2) is 0 Å². The molecule has 0 bridgehead atoms. The van der Waals surface area contributed by atoms with Gasteiger partial charge < -0.3 is 10.1 Å². The SMILES string of the molecule is c1ccc(-c2nnc(NCC3CN(C4CC4)CCO3)s2)nc1. The van der Waals surface area contributed by atoms with Gasteiger partial charge in [-0.05, 0) is 25.0 Å². The Kier molecular flexibility index (Phi) is 4.01. The maximum Gasteiger partial charge on any atom is 0.206 e. The van der Waals surface area contributed by atoms with Gasteiger partial charge in [0, 0.05) is 31.9 Å². The van der Waals surface area contributed by atoms with E-state index in [9.17, 15) is 0 Å². The first-order valence-corrected chi connectivity index (χ1v) is 8.54. The Morgan fingerprint density at radius 1 is 1.32 bits per heavy atom. The minimum atomic E-state index is 0.233. The van der Waals surface area contributed by atoms with Gasteiger partial charge in [0.05, 0.1) is 12.7 Å². The molecule has 1 saturated heterocycles. The van der Waals surface area contributed by atoms with Gasteiger partial charge in [0.2, 0.25) is 5.13 Å². The van der Waals surface area contributed by atoms with Crippen LogP contribution in [0.3, 0.4) is 0 Å².